The first kappa shape index (κ1) is 9.57. The van der Waals surface area contributed by atoms with Crippen molar-refractivity contribution < 1.29 is 19.2 Å². The van der Waals surface area contributed by atoms with Crippen LogP contribution in [0.3, 0.4) is 0 Å². The smallest absolute Gasteiger partial charge is 0.449 e. The van der Waals surface area contributed by atoms with E-state index < -0.39 is 6.16 Å². The van der Waals surface area contributed by atoms with E-state index in [1.165, 1.54) is 6.07 Å². The molecule has 13 heavy (non-hydrogen) atoms. The molecule has 5 nitrogen and oxygen atoms in total. The van der Waals surface area contributed by atoms with Crippen molar-refractivity contribution in [1.82, 2.24) is 5.16 Å². The summed E-state index contributed by atoms with van der Waals surface area (Å²) in [7, 11) is 0. The molecule has 0 aliphatic carbocycles. The zero-order chi connectivity index (χ0) is 10.1. The van der Waals surface area contributed by atoms with Crippen LogP contribution in [0.1, 0.15) is 26.5 Å². The van der Waals surface area contributed by atoms with Gasteiger partial charge >= 0.3 is 6.16 Å². The van der Waals surface area contributed by atoms with Crippen molar-refractivity contribution >= 4 is 6.16 Å². The van der Waals surface area contributed by atoms with Crippen LogP contribution in [0.25, 0.3) is 0 Å². The minimum absolute atomic E-state index is 0.0302. The molecule has 0 fully saturated rings. The minimum atomic E-state index is -1.39. The SMILES string of the molecule is CC(C)(C)c1cc(OC(=O)O)no1. The molecule has 0 saturated heterocycles. The molecule has 0 spiro atoms. The molecule has 1 aromatic heterocycles. The van der Waals surface area contributed by atoms with E-state index >= 15 is 0 Å². The molecule has 0 atom stereocenters. The highest BCUT2D eigenvalue weighted by atomic mass is 16.7. The predicted octanol–water partition coefficient (Wildman–Crippen LogP) is 2.03. The molecule has 0 aliphatic rings. The van der Waals surface area contributed by atoms with Gasteiger partial charge in [-0.1, -0.05) is 20.8 Å². The maximum Gasteiger partial charge on any atom is 0.512 e. The van der Waals surface area contributed by atoms with E-state index in [1.807, 2.05) is 20.8 Å². The quantitative estimate of drug-likeness (QED) is 0.677. The van der Waals surface area contributed by atoms with Crippen LogP contribution in [0.4, 0.5) is 4.79 Å². The summed E-state index contributed by atoms with van der Waals surface area (Å²) in [6.45, 7) is 5.79. The fourth-order valence-electron chi connectivity index (χ4n) is 0.750. The predicted molar refractivity (Wildman–Crippen MR) is 43.9 cm³/mol. The van der Waals surface area contributed by atoms with Crippen LogP contribution in [0.5, 0.6) is 5.88 Å². The number of carboxylic acid groups (broad SMARTS) is 1. The zero-order valence-electron chi connectivity index (χ0n) is 7.70. The Morgan fingerprint density at radius 1 is 1.62 bits per heavy atom. The highest BCUT2D eigenvalue weighted by molar-refractivity contribution is 5.60. The zero-order valence-corrected chi connectivity index (χ0v) is 7.70. The molecule has 0 unspecified atom stereocenters. The molecule has 72 valence electrons. The van der Waals surface area contributed by atoms with Crippen LogP contribution in [0.2, 0.25) is 0 Å². The van der Waals surface area contributed by atoms with Crippen molar-refractivity contribution in [3.05, 3.63) is 11.8 Å². The average Bonchev–Trinajstić information content (AvgIpc) is 2.32. The molecule has 5 heteroatoms. The molecule has 0 aliphatic heterocycles. The van der Waals surface area contributed by atoms with Gasteiger partial charge in [-0.15, -0.1) is 0 Å². The van der Waals surface area contributed by atoms with E-state index in [0.29, 0.717) is 5.76 Å². The van der Waals surface area contributed by atoms with Crippen molar-refractivity contribution in [2.75, 3.05) is 0 Å². The number of nitrogens with zero attached hydrogens (tertiary/aromatic N) is 1. The van der Waals surface area contributed by atoms with Crippen LogP contribution in [-0.4, -0.2) is 16.4 Å². The summed E-state index contributed by atoms with van der Waals surface area (Å²) in [6.07, 6.45) is -1.39. The van der Waals surface area contributed by atoms with E-state index in [0.717, 1.165) is 0 Å². The lowest BCUT2D eigenvalue weighted by Crippen LogP contribution is -2.09. The van der Waals surface area contributed by atoms with Gasteiger partial charge in [-0.25, -0.2) is 4.79 Å². The Bertz CT molecular complexity index is 310. The van der Waals surface area contributed by atoms with Crippen LogP contribution < -0.4 is 4.74 Å². The van der Waals surface area contributed by atoms with Gasteiger partial charge in [-0.2, -0.15) is 0 Å². The van der Waals surface area contributed by atoms with Crippen molar-refractivity contribution in [3.63, 3.8) is 0 Å². The summed E-state index contributed by atoms with van der Waals surface area (Å²) in [4.78, 5) is 10.1. The Hall–Kier alpha value is -1.52. The Kier molecular flexibility index (Phi) is 2.27. The first-order valence-electron chi connectivity index (χ1n) is 3.77. The molecule has 0 amide bonds. The molecule has 1 heterocycles. The largest absolute Gasteiger partial charge is 0.512 e. The van der Waals surface area contributed by atoms with Crippen LogP contribution >= 0.6 is 0 Å². The molecule has 0 radical (unpaired) electrons. The maximum absolute atomic E-state index is 10.1. The highest BCUT2D eigenvalue weighted by Gasteiger charge is 2.20. The first-order chi connectivity index (χ1) is 5.89. The van der Waals surface area contributed by atoms with E-state index in [-0.39, 0.29) is 11.3 Å². The fraction of sp³-hybridized carbons (Fsp3) is 0.500. The van der Waals surface area contributed by atoms with Crippen molar-refractivity contribution in [2.45, 2.75) is 26.2 Å². The van der Waals surface area contributed by atoms with Crippen molar-refractivity contribution in [2.24, 2.45) is 0 Å². The number of rotatable bonds is 1. The van der Waals surface area contributed by atoms with Gasteiger partial charge in [0, 0.05) is 11.5 Å². The second-order valence-corrected chi connectivity index (χ2v) is 3.65. The average molecular weight is 185 g/mol. The molecular weight excluding hydrogens is 174 g/mol. The maximum atomic E-state index is 10.1. The lowest BCUT2D eigenvalue weighted by molar-refractivity contribution is 0.140. The fourth-order valence-corrected chi connectivity index (χ4v) is 0.750. The van der Waals surface area contributed by atoms with Gasteiger partial charge in [0.15, 0.2) is 0 Å². The molecular formula is C8H11NO4. The Morgan fingerprint density at radius 3 is 2.62 bits per heavy atom. The normalized spacial score (nSPS) is 11.3. The Balaban J connectivity index is 2.81. The third-order valence-electron chi connectivity index (χ3n) is 1.42. The van der Waals surface area contributed by atoms with Crippen LogP contribution in [-0.2, 0) is 5.41 Å². The Morgan fingerprint density at radius 2 is 2.23 bits per heavy atom. The van der Waals surface area contributed by atoms with Gasteiger partial charge in [0.05, 0.1) is 0 Å². The summed E-state index contributed by atoms with van der Waals surface area (Å²) in [6, 6.07) is 1.47. The van der Waals surface area contributed by atoms with Gasteiger partial charge < -0.3 is 14.4 Å². The molecule has 1 aromatic rings. The second-order valence-electron chi connectivity index (χ2n) is 3.65. The van der Waals surface area contributed by atoms with E-state index in [4.69, 9.17) is 9.63 Å². The summed E-state index contributed by atoms with van der Waals surface area (Å²) in [5, 5.41) is 11.7. The van der Waals surface area contributed by atoms with E-state index in [2.05, 4.69) is 9.89 Å². The third kappa shape index (κ3) is 2.47. The van der Waals surface area contributed by atoms with Crippen molar-refractivity contribution in [3.8, 4) is 5.88 Å². The van der Waals surface area contributed by atoms with E-state index in [9.17, 15) is 4.79 Å². The molecule has 1 N–H and O–H groups in total. The summed E-state index contributed by atoms with van der Waals surface area (Å²) in [5.74, 6) is 0.557. The summed E-state index contributed by atoms with van der Waals surface area (Å²) >= 11 is 0. The highest BCUT2D eigenvalue weighted by Crippen LogP contribution is 2.25. The standard InChI is InChI=1S/C8H11NO4/c1-8(2,3)5-4-6(9-13-5)12-7(10)11/h4H,1-3H3,(H,10,11). The molecule has 0 aromatic carbocycles. The third-order valence-corrected chi connectivity index (χ3v) is 1.42. The van der Waals surface area contributed by atoms with Gasteiger partial charge in [0.25, 0.3) is 5.88 Å². The molecule has 0 bridgehead atoms. The van der Waals surface area contributed by atoms with Crippen LogP contribution in [0, 0.1) is 0 Å². The van der Waals surface area contributed by atoms with Gasteiger partial charge in [0.1, 0.15) is 5.76 Å². The number of hydrogen-bond donors (Lipinski definition) is 1. The van der Waals surface area contributed by atoms with Gasteiger partial charge in [-0.3, -0.25) is 0 Å². The lowest BCUT2D eigenvalue weighted by atomic mass is 9.94. The van der Waals surface area contributed by atoms with Crippen LogP contribution in [0.15, 0.2) is 10.6 Å². The number of aromatic nitrogens is 1. The number of hydrogen-bond acceptors (Lipinski definition) is 4. The number of ether oxygens (including phenoxy) is 1. The second kappa shape index (κ2) is 3.08. The van der Waals surface area contributed by atoms with Gasteiger partial charge in [0.2, 0.25) is 0 Å². The Labute approximate surface area is 75.3 Å². The van der Waals surface area contributed by atoms with E-state index in [1.54, 1.807) is 0 Å². The molecule has 0 saturated carbocycles. The van der Waals surface area contributed by atoms with Crippen molar-refractivity contribution in [1.29, 1.82) is 0 Å². The van der Waals surface area contributed by atoms with Gasteiger partial charge in [-0.05, 0) is 5.16 Å². The summed E-state index contributed by atoms with van der Waals surface area (Å²) in [5.41, 5.74) is -0.201. The molecule has 1 rings (SSSR count). The summed E-state index contributed by atoms with van der Waals surface area (Å²) < 4.78 is 9.19. The lowest BCUT2D eigenvalue weighted by Gasteiger charge is -2.11. The monoisotopic (exact) mass is 185 g/mol. The topological polar surface area (TPSA) is 72.6 Å². The first-order valence-corrected chi connectivity index (χ1v) is 3.77. The number of carbonyl (C=O) groups is 1. The minimum Gasteiger partial charge on any atom is -0.449 e.